The van der Waals surface area contributed by atoms with Crippen molar-refractivity contribution in [2.75, 3.05) is 5.75 Å². The zero-order chi connectivity index (χ0) is 18.1. The highest BCUT2D eigenvalue weighted by molar-refractivity contribution is 7.99. The minimum absolute atomic E-state index is 0.0210. The Morgan fingerprint density at radius 1 is 1.31 bits per heavy atom. The monoisotopic (exact) mass is 381 g/mol. The number of fused-ring (bicyclic) bond motifs is 3. The topological polar surface area (TPSA) is 58.7 Å². The lowest BCUT2D eigenvalue weighted by atomic mass is 9.97. The molecule has 1 aliphatic rings. The van der Waals surface area contributed by atoms with Gasteiger partial charge in [0.2, 0.25) is 0 Å². The van der Waals surface area contributed by atoms with E-state index in [9.17, 15) is 4.79 Å². The second-order valence-electron chi connectivity index (χ2n) is 6.60. The standard InChI is InChI=1S/C20H19N3OS2/c1-13(11-21)12-25-20-22-18-17(15-9-5-6-10-16(15)26-18)19(24)23(20)14-7-3-2-4-8-14/h2-4,7-8,13H,5-6,9-10,12H2,1H3/t13-/m1/s1. The quantitative estimate of drug-likeness (QED) is 0.490. The molecule has 4 rings (SSSR count). The van der Waals surface area contributed by atoms with Gasteiger partial charge in [-0.1, -0.05) is 30.0 Å². The molecule has 2 aromatic heterocycles. The maximum Gasteiger partial charge on any atom is 0.267 e. The molecule has 0 unspecified atom stereocenters. The first-order valence-corrected chi connectivity index (χ1v) is 10.6. The Hall–Kier alpha value is -2.10. The summed E-state index contributed by atoms with van der Waals surface area (Å²) in [5, 5.41) is 10.6. The number of aromatic nitrogens is 2. The van der Waals surface area contributed by atoms with Gasteiger partial charge in [0, 0.05) is 10.6 Å². The molecule has 0 radical (unpaired) electrons. The average molecular weight is 382 g/mol. The Kier molecular flexibility index (Phi) is 4.84. The first-order valence-electron chi connectivity index (χ1n) is 8.84. The molecule has 0 spiro atoms. The second kappa shape index (κ2) is 7.26. The van der Waals surface area contributed by atoms with Crippen LogP contribution in [-0.2, 0) is 12.8 Å². The van der Waals surface area contributed by atoms with E-state index in [1.165, 1.54) is 28.6 Å². The summed E-state index contributed by atoms with van der Waals surface area (Å²) in [6.45, 7) is 1.89. The van der Waals surface area contributed by atoms with Crippen molar-refractivity contribution >= 4 is 33.3 Å². The van der Waals surface area contributed by atoms with Crippen molar-refractivity contribution in [3.05, 3.63) is 51.1 Å². The number of hydrogen-bond acceptors (Lipinski definition) is 5. The van der Waals surface area contributed by atoms with Gasteiger partial charge in [0.15, 0.2) is 5.16 Å². The highest BCUT2D eigenvalue weighted by Gasteiger charge is 2.23. The fourth-order valence-corrected chi connectivity index (χ4v) is 5.58. The molecule has 1 atom stereocenters. The summed E-state index contributed by atoms with van der Waals surface area (Å²) in [7, 11) is 0. The first-order chi connectivity index (χ1) is 12.7. The summed E-state index contributed by atoms with van der Waals surface area (Å²) >= 11 is 3.15. The first kappa shape index (κ1) is 17.3. The molecule has 0 saturated heterocycles. The number of thiophene rings is 1. The lowest BCUT2D eigenvalue weighted by Gasteiger charge is -2.13. The summed E-state index contributed by atoms with van der Waals surface area (Å²) < 4.78 is 1.72. The summed E-state index contributed by atoms with van der Waals surface area (Å²) in [4.78, 5) is 20.5. The normalized spacial score (nSPS) is 14.8. The van der Waals surface area contributed by atoms with Gasteiger partial charge < -0.3 is 0 Å². The minimum atomic E-state index is -0.0895. The highest BCUT2D eigenvalue weighted by Crippen LogP contribution is 2.35. The fraction of sp³-hybridized carbons (Fsp3) is 0.350. The molecule has 3 aromatic rings. The number of benzene rings is 1. The Labute approximate surface area is 160 Å². The van der Waals surface area contributed by atoms with Crippen LogP contribution in [0.3, 0.4) is 0 Å². The smallest absolute Gasteiger partial charge is 0.267 e. The van der Waals surface area contributed by atoms with E-state index in [1.807, 2.05) is 37.3 Å². The largest absolute Gasteiger partial charge is 0.268 e. The summed E-state index contributed by atoms with van der Waals surface area (Å²) in [6, 6.07) is 11.9. The predicted molar refractivity (Wildman–Crippen MR) is 107 cm³/mol. The number of thioether (sulfide) groups is 1. The minimum Gasteiger partial charge on any atom is -0.268 e. The molecule has 0 bridgehead atoms. The van der Waals surface area contributed by atoms with E-state index >= 15 is 0 Å². The average Bonchev–Trinajstić information content (AvgIpc) is 3.05. The van der Waals surface area contributed by atoms with Gasteiger partial charge >= 0.3 is 0 Å². The van der Waals surface area contributed by atoms with Crippen LogP contribution in [0.1, 0.15) is 30.2 Å². The molecule has 4 nitrogen and oxygen atoms in total. The van der Waals surface area contributed by atoms with Gasteiger partial charge in [0.1, 0.15) is 4.83 Å². The molecular weight excluding hydrogens is 362 g/mol. The van der Waals surface area contributed by atoms with Crippen molar-refractivity contribution in [2.45, 2.75) is 37.8 Å². The van der Waals surface area contributed by atoms with Crippen molar-refractivity contribution in [3.63, 3.8) is 0 Å². The molecular formula is C20H19N3OS2. The summed E-state index contributed by atoms with van der Waals surface area (Å²) in [6.07, 6.45) is 4.35. The van der Waals surface area contributed by atoms with Gasteiger partial charge in [-0.05, 0) is 50.3 Å². The molecule has 0 aliphatic heterocycles. The van der Waals surface area contributed by atoms with E-state index in [1.54, 1.807) is 15.9 Å². The third kappa shape index (κ3) is 3.06. The van der Waals surface area contributed by atoms with Gasteiger partial charge in [-0.15, -0.1) is 11.3 Å². The van der Waals surface area contributed by atoms with Crippen LogP contribution in [0.4, 0.5) is 0 Å². The summed E-state index contributed by atoms with van der Waals surface area (Å²) in [5.74, 6) is 0.528. The number of rotatable bonds is 4. The zero-order valence-corrected chi connectivity index (χ0v) is 16.2. The van der Waals surface area contributed by atoms with Gasteiger partial charge in [0.05, 0.1) is 23.1 Å². The van der Waals surface area contributed by atoms with Gasteiger partial charge in [0.25, 0.3) is 5.56 Å². The predicted octanol–water partition coefficient (Wildman–Crippen LogP) is 4.58. The molecule has 0 fully saturated rings. The Morgan fingerprint density at radius 3 is 2.85 bits per heavy atom. The van der Waals surface area contributed by atoms with Crippen LogP contribution in [0.5, 0.6) is 0 Å². The van der Waals surface area contributed by atoms with Crippen molar-refractivity contribution < 1.29 is 0 Å². The Bertz CT molecular complexity index is 1050. The highest BCUT2D eigenvalue weighted by atomic mass is 32.2. The van der Waals surface area contributed by atoms with E-state index in [2.05, 4.69) is 6.07 Å². The maximum absolute atomic E-state index is 13.4. The molecule has 132 valence electrons. The Morgan fingerprint density at radius 2 is 2.08 bits per heavy atom. The molecule has 0 saturated carbocycles. The molecule has 2 heterocycles. The second-order valence-corrected chi connectivity index (χ2v) is 8.67. The molecule has 0 N–H and O–H groups in total. The van der Waals surface area contributed by atoms with Gasteiger partial charge in [-0.2, -0.15) is 5.26 Å². The molecule has 1 aliphatic carbocycles. The SMILES string of the molecule is C[C@H](C#N)CSc1nc2sc3c(c2c(=O)n1-c1ccccc1)CCCC3. The molecule has 26 heavy (non-hydrogen) atoms. The van der Waals surface area contributed by atoms with Crippen molar-refractivity contribution in [3.8, 4) is 11.8 Å². The van der Waals surface area contributed by atoms with Crippen LogP contribution in [0, 0.1) is 17.2 Å². The van der Waals surface area contributed by atoms with Crippen LogP contribution in [0.25, 0.3) is 15.9 Å². The van der Waals surface area contributed by atoms with Crippen LogP contribution in [-0.4, -0.2) is 15.3 Å². The Balaban J connectivity index is 1.93. The van der Waals surface area contributed by atoms with Crippen LogP contribution in [0.2, 0.25) is 0 Å². The fourth-order valence-electron chi connectivity index (χ4n) is 3.32. The van der Waals surface area contributed by atoms with Crippen LogP contribution < -0.4 is 5.56 Å². The number of nitrogens with zero attached hydrogens (tertiary/aromatic N) is 3. The maximum atomic E-state index is 13.4. The number of nitriles is 1. The van der Waals surface area contributed by atoms with E-state index < -0.39 is 0 Å². The van der Waals surface area contributed by atoms with E-state index in [4.69, 9.17) is 10.2 Å². The van der Waals surface area contributed by atoms with Gasteiger partial charge in [-0.3, -0.25) is 9.36 Å². The number of hydrogen-bond donors (Lipinski definition) is 0. The lowest BCUT2D eigenvalue weighted by Crippen LogP contribution is -2.22. The van der Waals surface area contributed by atoms with E-state index in [0.29, 0.717) is 10.9 Å². The van der Waals surface area contributed by atoms with Gasteiger partial charge in [-0.25, -0.2) is 4.98 Å². The van der Waals surface area contributed by atoms with Crippen molar-refractivity contribution in [2.24, 2.45) is 5.92 Å². The third-order valence-corrected chi connectivity index (χ3v) is 7.04. The van der Waals surface area contributed by atoms with E-state index in [-0.39, 0.29) is 11.5 Å². The van der Waals surface area contributed by atoms with Crippen LogP contribution >= 0.6 is 23.1 Å². The summed E-state index contributed by atoms with van der Waals surface area (Å²) in [5.41, 5.74) is 2.06. The van der Waals surface area contributed by atoms with E-state index in [0.717, 1.165) is 35.2 Å². The van der Waals surface area contributed by atoms with Crippen molar-refractivity contribution in [1.29, 1.82) is 5.26 Å². The lowest BCUT2D eigenvalue weighted by molar-refractivity contribution is 0.699. The zero-order valence-electron chi connectivity index (χ0n) is 14.6. The van der Waals surface area contributed by atoms with Crippen LogP contribution in [0.15, 0.2) is 40.3 Å². The molecule has 0 amide bonds. The molecule has 6 heteroatoms. The number of para-hydroxylation sites is 1. The third-order valence-electron chi connectivity index (χ3n) is 4.66. The van der Waals surface area contributed by atoms with Crippen molar-refractivity contribution in [1.82, 2.24) is 9.55 Å². The number of aryl methyl sites for hydroxylation is 2. The molecule has 1 aromatic carbocycles.